The van der Waals surface area contributed by atoms with Crippen molar-refractivity contribution in [3.63, 3.8) is 0 Å². The van der Waals surface area contributed by atoms with Gasteiger partial charge in [-0.1, -0.05) is 53.0 Å². The summed E-state index contributed by atoms with van der Waals surface area (Å²) in [4.78, 5) is 15.0. The Morgan fingerprint density at radius 3 is 2.48 bits per heavy atom. The molecule has 1 heterocycles. The zero-order valence-corrected chi connectivity index (χ0v) is 17.5. The Kier molecular flexibility index (Phi) is 7.04. The minimum absolute atomic E-state index is 0.0326. The number of carbonyl (C=O) groups is 1. The molecule has 144 valence electrons. The van der Waals surface area contributed by atoms with Crippen molar-refractivity contribution in [3.05, 3.63) is 68.7 Å². The maximum atomic E-state index is 12.8. The maximum absolute atomic E-state index is 12.8. The highest BCUT2D eigenvalue weighted by Gasteiger charge is 2.27. The largest absolute Gasteiger partial charge is 0.349 e. The molecule has 1 fully saturated rings. The summed E-state index contributed by atoms with van der Waals surface area (Å²) in [5.74, 6) is 0.0576. The summed E-state index contributed by atoms with van der Waals surface area (Å²) in [5, 5.41) is 5.17. The zero-order chi connectivity index (χ0) is 19.4. The highest BCUT2D eigenvalue weighted by molar-refractivity contribution is 6.36. The Labute approximate surface area is 175 Å². The summed E-state index contributed by atoms with van der Waals surface area (Å²) in [7, 11) is 0. The Bertz CT molecular complexity index is 774. The number of carbonyl (C=O) groups excluding carboxylic acids is 1. The van der Waals surface area contributed by atoms with Gasteiger partial charge in [-0.2, -0.15) is 0 Å². The minimum Gasteiger partial charge on any atom is -0.349 e. The number of hydrogen-bond acceptors (Lipinski definition) is 2. The van der Waals surface area contributed by atoms with Gasteiger partial charge in [0, 0.05) is 33.7 Å². The topological polar surface area (TPSA) is 32.3 Å². The van der Waals surface area contributed by atoms with E-state index in [0.717, 1.165) is 30.5 Å². The number of benzene rings is 2. The third-order valence-electron chi connectivity index (χ3n) is 5.05. The lowest BCUT2D eigenvalue weighted by Gasteiger charge is -2.33. The average molecular weight is 426 g/mol. The van der Waals surface area contributed by atoms with E-state index in [1.54, 1.807) is 0 Å². The summed E-state index contributed by atoms with van der Waals surface area (Å²) in [6, 6.07) is 13.1. The van der Waals surface area contributed by atoms with Crippen molar-refractivity contribution in [2.75, 3.05) is 13.1 Å². The van der Waals surface area contributed by atoms with E-state index in [2.05, 4.69) is 10.2 Å². The predicted octanol–water partition coefficient (Wildman–Crippen LogP) is 5.74. The van der Waals surface area contributed by atoms with E-state index in [4.69, 9.17) is 34.8 Å². The molecular weight excluding hydrogens is 403 g/mol. The quantitative estimate of drug-likeness (QED) is 0.663. The average Bonchev–Trinajstić information content (AvgIpc) is 2.65. The SMILES string of the molecule is C[C@H](NC(=O)[C@@H]1CCCN(Cc2c(Cl)cccc2Cl)C1)c1ccc(Cl)cc1. The molecule has 2 atom stereocenters. The fourth-order valence-corrected chi connectivity index (χ4v) is 4.13. The van der Waals surface area contributed by atoms with Gasteiger partial charge >= 0.3 is 0 Å². The summed E-state index contributed by atoms with van der Waals surface area (Å²) >= 11 is 18.5. The first-order valence-electron chi connectivity index (χ1n) is 9.15. The molecule has 0 saturated carbocycles. The van der Waals surface area contributed by atoms with Crippen LogP contribution in [0.4, 0.5) is 0 Å². The maximum Gasteiger partial charge on any atom is 0.224 e. The van der Waals surface area contributed by atoms with Gasteiger partial charge in [-0.25, -0.2) is 0 Å². The third kappa shape index (κ3) is 5.39. The fraction of sp³-hybridized carbons (Fsp3) is 0.381. The fourth-order valence-electron chi connectivity index (χ4n) is 3.49. The Morgan fingerprint density at radius 2 is 1.81 bits per heavy atom. The van der Waals surface area contributed by atoms with Gasteiger partial charge < -0.3 is 5.32 Å². The second-order valence-electron chi connectivity index (χ2n) is 7.06. The number of halogens is 3. The molecule has 1 N–H and O–H groups in total. The van der Waals surface area contributed by atoms with Crippen molar-refractivity contribution < 1.29 is 4.79 Å². The Balaban J connectivity index is 1.60. The molecule has 0 aromatic heterocycles. The van der Waals surface area contributed by atoms with Crippen LogP contribution in [0.3, 0.4) is 0 Å². The van der Waals surface area contributed by atoms with E-state index in [0.29, 0.717) is 28.2 Å². The van der Waals surface area contributed by atoms with Gasteiger partial charge in [0.2, 0.25) is 5.91 Å². The molecule has 1 aliphatic heterocycles. The number of nitrogens with zero attached hydrogens (tertiary/aromatic N) is 1. The summed E-state index contributed by atoms with van der Waals surface area (Å²) < 4.78 is 0. The number of rotatable bonds is 5. The van der Waals surface area contributed by atoms with Gasteiger partial charge in [-0.15, -0.1) is 0 Å². The summed E-state index contributed by atoms with van der Waals surface area (Å²) in [6.45, 7) is 4.30. The van der Waals surface area contributed by atoms with Crippen LogP contribution in [0.25, 0.3) is 0 Å². The standard InChI is InChI=1S/C21H23Cl3N2O/c1-14(15-7-9-17(22)10-8-15)25-21(27)16-4-3-11-26(12-16)13-18-19(23)5-2-6-20(18)24/h2,5-10,14,16H,3-4,11-13H2,1H3,(H,25,27)/t14-,16+/m0/s1. The molecule has 3 rings (SSSR count). The van der Waals surface area contributed by atoms with Crippen molar-refractivity contribution in [3.8, 4) is 0 Å². The van der Waals surface area contributed by atoms with Gasteiger partial charge in [0.05, 0.1) is 12.0 Å². The zero-order valence-electron chi connectivity index (χ0n) is 15.2. The van der Waals surface area contributed by atoms with Crippen LogP contribution in [0.2, 0.25) is 15.1 Å². The van der Waals surface area contributed by atoms with Crippen LogP contribution < -0.4 is 5.32 Å². The normalized spacial score (nSPS) is 18.9. The van der Waals surface area contributed by atoms with Crippen LogP contribution >= 0.6 is 34.8 Å². The number of nitrogens with one attached hydrogen (secondary N) is 1. The van der Waals surface area contributed by atoms with Crippen molar-refractivity contribution in [1.29, 1.82) is 0 Å². The lowest BCUT2D eigenvalue weighted by atomic mass is 9.96. The monoisotopic (exact) mass is 424 g/mol. The van der Waals surface area contributed by atoms with Crippen LogP contribution in [-0.2, 0) is 11.3 Å². The van der Waals surface area contributed by atoms with Crippen molar-refractivity contribution in [2.45, 2.75) is 32.4 Å². The first-order chi connectivity index (χ1) is 12.9. The third-order valence-corrected chi connectivity index (χ3v) is 6.01. The van der Waals surface area contributed by atoms with E-state index in [-0.39, 0.29) is 17.9 Å². The van der Waals surface area contributed by atoms with Crippen LogP contribution in [0.5, 0.6) is 0 Å². The molecule has 27 heavy (non-hydrogen) atoms. The van der Waals surface area contributed by atoms with Gasteiger partial charge in [0.1, 0.15) is 0 Å². The predicted molar refractivity (Wildman–Crippen MR) is 112 cm³/mol. The molecule has 2 aromatic carbocycles. The van der Waals surface area contributed by atoms with Crippen LogP contribution in [0.15, 0.2) is 42.5 Å². The highest BCUT2D eigenvalue weighted by atomic mass is 35.5. The molecule has 0 radical (unpaired) electrons. The van der Waals surface area contributed by atoms with Crippen LogP contribution in [-0.4, -0.2) is 23.9 Å². The van der Waals surface area contributed by atoms with E-state index in [1.165, 1.54) is 0 Å². The minimum atomic E-state index is -0.0526. The van der Waals surface area contributed by atoms with E-state index < -0.39 is 0 Å². The van der Waals surface area contributed by atoms with Gasteiger partial charge in [-0.05, 0) is 56.1 Å². The van der Waals surface area contributed by atoms with Crippen LogP contribution in [0, 0.1) is 5.92 Å². The molecule has 0 bridgehead atoms. The Morgan fingerprint density at radius 1 is 1.15 bits per heavy atom. The smallest absolute Gasteiger partial charge is 0.224 e. The molecule has 6 heteroatoms. The van der Waals surface area contributed by atoms with E-state index in [1.807, 2.05) is 49.4 Å². The van der Waals surface area contributed by atoms with Crippen molar-refractivity contribution in [1.82, 2.24) is 10.2 Å². The van der Waals surface area contributed by atoms with Crippen LogP contribution in [0.1, 0.15) is 36.9 Å². The molecule has 1 saturated heterocycles. The van der Waals surface area contributed by atoms with Gasteiger partial charge in [0.15, 0.2) is 0 Å². The first-order valence-corrected chi connectivity index (χ1v) is 10.3. The number of likely N-dealkylation sites (tertiary alicyclic amines) is 1. The molecular formula is C21H23Cl3N2O. The van der Waals surface area contributed by atoms with Gasteiger partial charge in [-0.3, -0.25) is 9.69 Å². The molecule has 1 amide bonds. The highest BCUT2D eigenvalue weighted by Crippen LogP contribution is 2.28. The van der Waals surface area contributed by atoms with E-state index >= 15 is 0 Å². The lowest BCUT2D eigenvalue weighted by molar-refractivity contribution is -0.127. The van der Waals surface area contributed by atoms with Crippen molar-refractivity contribution >= 4 is 40.7 Å². The number of piperidine rings is 1. The lowest BCUT2D eigenvalue weighted by Crippen LogP contribution is -2.43. The Hall–Kier alpha value is -1.26. The molecule has 0 unspecified atom stereocenters. The summed E-state index contributed by atoms with van der Waals surface area (Å²) in [5.41, 5.74) is 1.97. The van der Waals surface area contributed by atoms with Gasteiger partial charge in [0.25, 0.3) is 0 Å². The number of hydrogen-bond donors (Lipinski definition) is 1. The molecule has 3 nitrogen and oxygen atoms in total. The molecule has 1 aliphatic rings. The molecule has 0 aliphatic carbocycles. The summed E-state index contributed by atoms with van der Waals surface area (Å²) in [6.07, 6.45) is 1.88. The van der Waals surface area contributed by atoms with Crippen molar-refractivity contribution in [2.24, 2.45) is 5.92 Å². The van der Waals surface area contributed by atoms with E-state index in [9.17, 15) is 4.79 Å². The molecule has 2 aromatic rings. The first kappa shape index (κ1) is 20.5. The second kappa shape index (κ2) is 9.29. The molecule has 0 spiro atoms. The number of amides is 1. The second-order valence-corrected chi connectivity index (χ2v) is 8.31.